The van der Waals surface area contributed by atoms with Gasteiger partial charge < -0.3 is 15.4 Å². The summed E-state index contributed by atoms with van der Waals surface area (Å²) in [7, 11) is 1.64. The Hall–Kier alpha value is -3.41. The first-order valence-electron chi connectivity index (χ1n) is 8.71. The monoisotopic (exact) mass is 362 g/mol. The Bertz CT molecular complexity index is 910. The third-order valence-corrected chi connectivity index (χ3v) is 4.02. The molecule has 0 bridgehead atoms. The summed E-state index contributed by atoms with van der Waals surface area (Å²) in [5, 5.41) is 6.00. The van der Waals surface area contributed by atoms with Gasteiger partial charge in [-0.3, -0.25) is 4.79 Å². The van der Waals surface area contributed by atoms with E-state index in [4.69, 9.17) is 4.74 Å². The number of aromatic nitrogens is 2. The highest BCUT2D eigenvalue weighted by Gasteiger charge is 2.07. The summed E-state index contributed by atoms with van der Waals surface area (Å²) in [6.45, 7) is 2.54. The quantitative estimate of drug-likeness (QED) is 0.673. The molecule has 3 aromatic rings. The highest BCUT2D eigenvalue weighted by molar-refractivity contribution is 5.93. The van der Waals surface area contributed by atoms with Crippen molar-refractivity contribution in [3.05, 3.63) is 77.6 Å². The first-order chi connectivity index (χ1) is 13.1. The molecule has 0 radical (unpaired) electrons. The number of ether oxygens (including phenoxy) is 1. The van der Waals surface area contributed by atoms with Crippen molar-refractivity contribution in [2.45, 2.75) is 13.3 Å². The van der Waals surface area contributed by atoms with Crippen molar-refractivity contribution < 1.29 is 9.53 Å². The molecule has 0 saturated heterocycles. The minimum absolute atomic E-state index is 0.194. The number of anilines is 2. The maximum absolute atomic E-state index is 12.2. The minimum Gasteiger partial charge on any atom is -0.497 e. The summed E-state index contributed by atoms with van der Waals surface area (Å²) in [6.07, 6.45) is 3.76. The number of amides is 1. The van der Waals surface area contributed by atoms with Crippen LogP contribution in [-0.2, 0) is 6.42 Å². The fraction of sp³-hybridized carbons (Fsp3) is 0.190. The standard InChI is InChI=1S/C21H22N4O2/c1-15-5-3-7-18(11-15)25-21-23-13-17(14-24-21)20(26)22-10-9-16-6-4-8-19(12-16)27-2/h3-8,11-14H,9-10H2,1-2H3,(H,22,26)(H,23,24,25). The lowest BCUT2D eigenvalue weighted by atomic mass is 10.1. The molecule has 0 fully saturated rings. The summed E-state index contributed by atoms with van der Waals surface area (Å²) in [4.78, 5) is 20.7. The molecule has 0 aliphatic carbocycles. The second-order valence-corrected chi connectivity index (χ2v) is 6.15. The van der Waals surface area contributed by atoms with E-state index < -0.39 is 0 Å². The Labute approximate surface area is 158 Å². The van der Waals surface area contributed by atoms with Crippen LogP contribution >= 0.6 is 0 Å². The number of carbonyl (C=O) groups is 1. The molecule has 3 rings (SSSR count). The van der Waals surface area contributed by atoms with E-state index in [1.807, 2.05) is 55.5 Å². The molecule has 1 aromatic heterocycles. The lowest BCUT2D eigenvalue weighted by Gasteiger charge is -2.08. The van der Waals surface area contributed by atoms with E-state index in [1.165, 1.54) is 12.4 Å². The van der Waals surface area contributed by atoms with Gasteiger partial charge in [0.2, 0.25) is 5.95 Å². The van der Waals surface area contributed by atoms with Crippen LogP contribution in [0, 0.1) is 6.92 Å². The molecule has 0 aliphatic heterocycles. The fourth-order valence-corrected chi connectivity index (χ4v) is 2.61. The zero-order chi connectivity index (χ0) is 19.1. The van der Waals surface area contributed by atoms with Gasteiger partial charge in [0, 0.05) is 24.6 Å². The number of benzene rings is 2. The summed E-state index contributed by atoms with van der Waals surface area (Å²) in [5.74, 6) is 1.07. The summed E-state index contributed by atoms with van der Waals surface area (Å²) in [6, 6.07) is 15.7. The molecule has 2 N–H and O–H groups in total. The van der Waals surface area contributed by atoms with E-state index in [2.05, 4.69) is 20.6 Å². The molecule has 0 spiro atoms. The highest BCUT2D eigenvalue weighted by atomic mass is 16.5. The third kappa shape index (κ3) is 5.28. The molecule has 0 atom stereocenters. The van der Waals surface area contributed by atoms with Gasteiger partial charge in [-0.15, -0.1) is 0 Å². The number of nitrogens with one attached hydrogen (secondary N) is 2. The van der Waals surface area contributed by atoms with Crippen LogP contribution in [0.4, 0.5) is 11.6 Å². The molecular weight excluding hydrogens is 340 g/mol. The maximum atomic E-state index is 12.2. The van der Waals surface area contributed by atoms with Crippen molar-refractivity contribution in [2.75, 3.05) is 19.0 Å². The molecule has 0 unspecified atom stereocenters. The van der Waals surface area contributed by atoms with Crippen molar-refractivity contribution in [3.63, 3.8) is 0 Å². The van der Waals surface area contributed by atoms with Crippen molar-refractivity contribution >= 4 is 17.5 Å². The Morgan fingerprint density at radius 3 is 2.59 bits per heavy atom. The summed E-state index contributed by atoms with van der Waals surface area (Å²) in [5.41, 5.74) is 3.58. The van der Waals surface area contributed by atoms with Crippen LogP contribution in [0.15, 0.2) is 60.9 Å². The predicted octanol–water partition coefficient (Wildman–Crippen LogP) is 3.51. The van der Waals surface area contributed by atoms with Gasteiger partial charge in [0.25, 0.3) is 5.91 Å². The van der Waals surface area contributed by atoms with Gasteiger partial charge in [0.1, 0.15) is 5.75 Å². The van der Waals surface area contributed by atoms with E-state index in [0.717, 1.165) is 29.0 Å². The lowest BCUT2D eigenvalue weighted by Crippen LogP contribution is -2.26. The summed E-state index contributed by atoms with van der Waals surface area (Å²) < 4.78 is 5.20. The summed E-state index contributed by atoms with van der Waals surface area (Å²) >= 11 is 0. The predicted molar refractivity (Wildman–Crippen MR) is 106 cm³/mol. The Kier molecular flexibility index (Phi) is 5.99. The average molecular weight is 362 g/mol. The van der Waals surface area contributed by atoms with Gasteiger partial charge in [0.15, 0.2) is 0 Å². The molecule has 138 valence electrons. The molecule has 27 heavy (non-hydrogen) atoms. The number of hydrogen-bond donors (Lipinski definition) is 2. The Morgan fingerprint density at radius 2 is 1.85 bits per heavy atom. The number of methoxy groups -OCH3 is 1. The van der Waals surface area contributed by atoms with E-state index in [9.17, 15) is 4.79 Å². The molecule has 6 heteroatoms. The smallest absolute Gasteiger partial charge is 0.254 e. The van der Waals surface area contributed by atoms with Gasteiger partial charge >= 0.3 is 0 Å². The van der Waals surface area contributed by atoms with Crippen molar-refractivity contribution in [1.29, 1.82) is 0 Å². The first kappa shape index (κ1) is 18.4. The molecule has 0 saturated carbocycles. The first-order valence-corrected chi connectivity index (χ1v) is 8.71. The molecule has 2 aromatic carbocycles. The van der Waals surface area contributed by atoms with Crippen LogP contribution in [0.2, 0.25) is 0 Å². The van der Waals surface area contributed by atoms with Gasteiger partial charge in [-0.2, -0.15) is 0 Å². The van der Waals surface area contributed by atoms with Gasteiger partial charge in [-0.1, -0.05) is 24.3 Å². The molecule has 1 amide bonds. The average Bonchev–Trinajstić information content (AvgIpc) is 2.69. The zero-order valence-corrected chi connectivity index (χ0v) is 15.4. The molecule has 0 aliphatic rings. The molecule has 1 heterocycles. The molecular formula is C21H22N4O2. The Balaban J connectivity index is 1.52. The van der Waals surface area contributed by atoms with E-state index in [0.29, 0.717) is 18.1 Å². The largest absolute Gasteiger partial charge is 0.497 e. The van der Waals surface area contributed by atoms with Crippen molar-refractivity contribution in [2.24, 2.45) is 0 Å². The topological polar surface area (TPSA) is 76.1 Å². The van der Waals surface area contributed by atoms with Crippen LogP contribution < -0.4 is 15.4 Å². The number of rotatable bonds is 7. The number of carbonyl (C=O) groups excluding carboxylic acids is 1. The molecule has 6 nitrogen and oxygen atoms in total. The van der Waals surface area contributed by atoms with Crippen LogP contribution in [0.25, 0.3) is 0 Å². The van der Waals surface area contributed by atoms with E-state index in [-0.39, 0.29) is 5.91 Å². The van der Waals surface area contributed by atoms with Crippen molar-refractivity contribution in [1.82, 2.24) is 15.3 Å². The normalized spacial score (nSPS) is 10.3. The second-order valence-electron chi connectivity index (χ2n) is 6.15. The van der Waals surface area contributed by atoms with Gasteiger partial charge in [0.05, 0.1) is 12.7 Å². The van der Waals surface area contributed by atoms with Crippen LogP contribution in [0.5, 0.6) is 5.75 Å². The maximum Gasteiger partial charge on any atom is 0.254 e. The van der Waals surface area contributed by atoms with Crippen LogP contribution in [-0.4, -0.2) is 29.5 Å². The van der Waals surface area contributed by atoms with Crippen LogP contribution in [0.3, 0.4) is 0 Å². The van der Waals surface area contributed by atoms with Crippen molar-refractivity contribution in [3.8, 4) is 5.75 Å². The minimum atomic E-state index is -0.194. The van der Waals surface area contributed by atoms with Crippen LogP contribution in [0.1, 0.15) is 21.5 Å². The van der Waals surface area contributed by atoms with E-state index >= 15 is 0 Å². The third-order valence-electron chi connectivity index (χ3n) is 4.02. The lowest BCUT2D eigenvalue weighted by molar-refractivity contribution is 0.0953. The van der Waals surface area contributed by atoms with Gasteiger partial charge in [-0.25, -0.2) is 9.97 Å². The fourth-order valence-electron chi connectivity index (χ4n) is 2.61. The highest BCUT2D eigenvalue weighted by Crippen LogP contribution is 2.14. The number of nitrogens with zero attached hydrogens (tertiary/aromatic N) is 2. The zero-order valence-electron chi connectivity index (χ0n) is 15.4. The second kappa shape index (κ2) is 8.80. The SMILES string of the molecule is COc1cccc(CCNC(=O)c2cnc(Nc3cccc(C)c3)nc2)c1. The Morgan fingerprint density at radius 1 is 1.07 bits per heavy atom. The number of aryl methyl sites for hydroxylation is 1. The van der Waals surface area contributed by atoms with Gasteiger partial charge in [-0.05, 0) is 48.7 Å². The number of hydrogen-bond acceptors (Lipinski definition) is 5. The van der Waals surface area contributed by atoms with E-state index in [1.54, 1.807) is 7.11 Å².